The van der Waals surface area contributed by atoms with E-state index in [0.717, 1.165) is 0 Å². The van der Waals surface area contributed by atoms with Crippen molar-refractivity contribution in [2.45, 2.75) is 26.4 Å². The van der Waals surface area contributed by atoms with Crippen LogP contribution >= 0.6 is 0 Å². The van der Waals surface area contributed by atoms with E-state index < -0.39 is 18.9 Å². The van der Waals surface area contributed by atoms with Gasteiger partial charge in [0.1, 0.15) is 8.96 Å². The van der Waals surface area contributed by atoms with Crippen molar-refractivity contribution in [1.82, 2.24) is 4.23 Å². The second-order valence-corrected chi connectivity index (χ2v) is 7.91. The van der Waals surface area contributed by atoms with Crippen LogP contribution in [0.2, 0.25) is 6.55 Å². The third-order valence-corrected chi connectivity index (χ3v) is 7.59. The fourth-order valence-electron chi connectivity index (χ4n) is 1.02. The van der Waals surface area contributed by atoms with Crippen molar-refractivity contribution in [3.05, 3.63) is 12.3 Å². The smallest absolute Gasteiger partial charge is 0.231 e. The summed E-state index contributed by atoms with van der Waals surface area (Å²) in [4.78, 5) is 0. The highest BCUT2D eigenvalue weighted by Crippen LogP contribution is 2.00. The molecule has 0 N–H and O–H groups in total. The van der Waals surface area contributed by atoms with Gasteiger partial charge in [0, 0.05) is 7.11 Å². The summed E-state index contributed by atoms with van der Waals surface area (Å²) in [5.41, 5.74) is 2.10. The van der Waals surface area contributed by atoms with E-state index in [1.165, 1.54) is 0 Å². The van der Waals surface area contributed by atoms with Gasteiger partial charge in [-0.05, 0) is 6.04 Å². The third kappa shape index (κ3) is 3.86. The predicted molar refractivity (Wildman–Crippen MR) is 55.7 cm³/mol. The molecular weight excluding hydrogens is 170 g/mol. The maximum Gasteiger partial charge on any atom is 0.231 e. The van der Waals surface area contributed by atoms with Crippen LogP contribution in [0.1, 0.15) is 13.8 Å². The summed E-state index contributed by atoms with van der Waals surface area (Å²) in [5.74, 6) is 0. The molecule has 0 amide bonds. The van der Waals surface area contributed by atoms with Gasteiger partial charge in [-0.1, -0.05) is 26.1 Å². The second-order valence-electron chi connectivity index (χ2n) is 3.00. The van der Waals surface area contributed by atoms with Gasteiger partial charge in [-0.15, -0.1) is 6.58 Å². The number of hydrogen-bond donors (Lipinski definition) is 0. The quantitative estimate of drug-likeness (QED) is 0.581. The summed E-state index contributed by atoms with van der Waals surface area (Å²) in [6, 6.07) is 0.626. The molecule has 0 bridgehead atoms. The van der Waals surface area contributed by atoms with Crippen molar-refractivity contribution in [2.24, 2.45) is 0 Å². The Morgan fingerprint density at radius 1 is 1.64 bits per heavy atom. The Bertz CT molecular complexity index is 119. The predicted octanol–water partition coefficient (Wildman–Crippen LogP) is 0.421. The zero-order valence-electron chi connectivity index (χ0n) is 8.00. The van der Waals surface area contributed by atoms with Crippen molar-refractivity contribution in [3.8, 4) is 0 Å². The lowest BCUT2D eigenvalue weighted by Gasteiger charge is -2.28. The second kappa shape index (κ2) is 5.71. The van der Waals surface area contributed by atoms with E-state index in [1.807, 2.05) is 0 Å². The Morgan fingerprint density at radius 3 is 2.45 bits per heavy atom. The minimum absolute atomic E-state index is 0.446. The summed E-state index contributed by atoms with van der Waals surface area (Å²) >= 11 is 0. The molecule has 0 radical (unpaired) electrons. The molecule has 0 aromatic rings. The lowest BCUT2D eigenvalue weighted by molar-refractivity contribution is 0.379. The molecule has 0 heterocycles. The normalized spacial score (nSPS) is 15.1. The van der Waals surface area contributed by atoms with Gasteiger partial charge >= 0.3 is 0 Å². The maximum absolute atomic E-state index is 5.24. The summed E-state index contributed by atoms with van der Waals surface area (Å²) < 4.78 is 7.75. The number of nitrogens with zero attached hydrogens (tertiary/aromatic N) is 1. The highest BCUT2D eigenvalue weighted by molar-refractivity contribution is 6.66. The van der Waals surface area contributed by atoms with Gasteiger partial charge in [-0.25, -0.2) is 0 Å². The molecule has 0 aliphatic heterocycles. The van der Waals surface area contributed by atoms with Crippen molar-refractivity contribution in [2.75, 3.05) is 7.11 Å². The van der Waals surface area contributed by atoms with Crippen molar-refractivity contribution in [1.29, 1.82) is 0 Å². The van der Waals surface area contributed by atoms with Crippen molar-refractivity contribution >= 4 is 18.9 Å². The Balaban J connectivity index is 3.97. The van der Waals surface area contributed by atoms with E-state index >= 15 is 0 Å². The fraction of sp³-hybridized carbons (Fsp3) is 0.714. The van der Waals surface area contributed by atoms with E-state index in [1.54, 1.807) is 7.11 Å². The van der Waals surface area contributed by atoms with Gasteiger partial charge < -0.3 is 8.66 Å². The largest absolute Gasteiger partial charge is 0.412 e. The topological polar surface area (TPSA) is 12.5 Å². The average molecular weight is 189 g/mol. The lowest BCUT2D eigenvalue weighted by Crippen LogP contribution is -2.44. The number of hydrogen-bond acceptors (Lipinski definition) is 2. The lowest BCUT2D eigenvalue weighted by atomic mass is 10.4. The molecule has 0 aromatic heterocycles. The third-order valence-electron chi connectivity index (χ3n) is 1.81. The van der Waals surface area contributed by atoms with Gasteiger partial charge in [0.15, 0.2) is 0 Å². The molecule has 0 aliphatic rings. The highest BCUT2D eigenvalue weighted by Gasteiger charge is 2.14. The highest BCUT2D eigenvalue weighted by atomic mass is 28.3. The first kappa shape index (κ1) is 11.1. The molecule has 66 valence electrons. The van der Waals surface area contributed by atoms with Crippen LogP contribution in [0.3, 0.4) is 0 Å². The summed E-state index contributed by atoms with van der Waals surface area (Å²) in [6.45, 7) is 10.6. The van der Waals surface area contributed by atoms with Crippen LogP contribution in [-0.2, 0) is 4.43 Å². The van der Waals surface area contributed by atoms with Gasteiger partial charge in [0.2, 0.25) is 9.92 Å². The molecule has 4 heteroatoms. The van der Waals surface area contributed by atoms with Crippen LogP contribution < -0.4 is 0 Å². The molecule has 11 heavy (non-hydrogen) atoms. The van der Waals surface area contributed by atoms with Gasteiger partial charge in [-0.3, -0.25) is 0 Å². The molecule has 0 fully saturated rings. The molecule has 2 nitrogen and oxygen atoms in total. The minimum atomic E-state index is -0.838. The molecule has 0 saturated heterocycles. The maximum atomic E-state index is 5.24. The summed E-state index contributed by atoms with van der Waals surface area (Å²) in [5, 5.41) is 0. The Labute approximate surface area is 73.9 Å². The zero-order valence-corrected chi connectivity index (χ0v) is 10.6. The van der Waals surface area contributed by atoms with E-state index in [2.05, 4.69) is 36.9 Å². The molecular formula is C7H19NOSi2. The van der Waals surface area contributed by atoms with Crippen LogP contribution in [0.4, 0.5) is 0 Å². The molecule has 1 atom stereocenters. The average Bonchev–Trinajstić information content (AvgIpc) is 1.98. The molecule has 0 rings (SSSR count). The molecule has 0 aliphatic carbocycles. The summed E-state index contributed by atoms with van der Waals surface area (Å²) in [7, 11) is 0.513. The van der Waals surface area contributed by atoms with Gasteiger partial charge in [0.05, 0.1) is 0 Å². The molecule has 0 spiro atoms. The van der Waals surface area contributed by atoms with E-state index in [0.29, 0.717) is 6.04 Å². The zero-order chi connectivity index (χ0) is 8.85. The number of rotatable bonds is 5. The van der Waals surface area contributed by atoms with Crippen LogP contribution in [0.25, 0.3) is 0 Å². The Hall–Kier alpha value is 0.0938. The van der Waals surface area contributed by atoms with Crippen LogP contribution in [0.5, 0.6) is 0 Å². The van der Waals surface area contributed by atoms with Crippen molar-refractivity contribution < 1.29 is 4.43 Å². The monoisotopic (exact) mass is 189 g/mol. The Kier molecular flexibility index (Phi) is 5.76. The minimum Gasteiger partial charge on any atom is -0.412 e. The van der Waals surface area contributed by atoms with Crippen LogP contribution in [0.15, 0.2) is 12.3 Å². The first-order chi connectivity index (χ1) is 5.13. The molecule has 0 saturated carbocycles. The molecule has 1 unspecified atom stereocenters. The SMILES string of the molecule is C=C[SiH](C)N([SiH2]OC)C(C)C. The van der Waals surface area contributed by atoms with Crippen molar-refractivity contribution in [3.63, 3.8) is 0 Å². The van der Waals surface area contributed by atoms with Crippen LogP contribution in [-0.4, -0.2) is 36.3 Å². The standard InChI is InChI=1S/C7H19NOSi2/c1-6-11(5)8(7(2)3)10-9-4/h6-7,11H,1,10H2,2-5H3. The molecule has 0 aromatic carbocycles. The summed E-state index contributed by atoms with van der Waals surface area (Å²) in [6.07, 6.45) is 0. The van der Waals surface area contributed by atoms with Gasteiger partial charge in [0.25, 0.3) is 0 Å². The van der Waals surface area contributed by atoms with E-state index in [-0.39, 0.29) is 0 Å². The van der Waals surface area contributed by atoms with Gasteiger partial charge in [-0.2, -0.15) is 0 Å². The Morgan fingerprint density at radius 2 is 2.18 bits per heavy atom. The first-order valence-corrected chi connectivity index (χ1v) is 7.55. The van der Waals surface area contributed by atoms with Crippen LogP contribution in [0, 0.1) is 0 Å². The van der Waals surface area contributed by atoms with E-state index in [9.17, 15) is 0 Å². The van der Waals surface area contributed by atoms with E-state index in [4.69, 9.17) is 4.43 Å². The fourth-order valence-corrected chi connectivity index (χ4v) is 4.66. The first-order valence-electron chi connectivity index (χ1n) is 4.00.